The molecule has 17 heavy (non-hydrogen) atoms. The van der Waals surface area contributed by atoms with E-state index >= 15 is 0 Å². The summed E-state index contributed by atoms with van der Waals surface area (Å²) in [4.78, 5) is 19.5. The molecule has 1 amide bonds. The summed E-state index contributed by atoms with van der Waals surface area (Å²) in [5.74, 6) is 0.147. The lowest BCUT2D eigenvalue weighted by molar-refractivity contribution is -0.129. The fourth-order valence-corrected chi connectivity index (χ4v) is 1.98. The molecular formula is C13H17N3O. The third-order valence-corrected chi connectivity index (χ3v) is 3.14. The number of carbonyl (C=O) groups excluding carboxylic acids is 1. The summed E-state index contributed by atoms with van der Waals surface area (Å²) < 4.78 is 0. The van der Waals surface area contributed by atoms with Gasteiger partial charge in [0.15, 0.2) is 0 Å². The Hall–Kier alpha value is -1.84. The van der Waals surface area contributed by atoms with Crippen LogP contribution in [-0.4, -0.2) is 42.0 Å². The van der Waals surface area contributed by atoms with Crippen LogP contribution in [0.2, 0.25) is 0 Å². The van der Waals surface area contributed by atoms with Crippen LogP contribution in [-0.2, 0) is 4.79 Å². The Morgan fingerprint density at radius 2 is 1.94 bits per heavy atom. The monoisotopic (exact) mass is 231 g/mol. The number of amides is 1. The number of aromatic nitrogens is 1. The van der Waals surface area contributed by atoms with Gasteiger partial charge < -0.3 is 9.80 Å². The number of nitrogens with zero attached hydrogens (tertiary/aromatic N) is 3. The second kappa shape index (κ2) is 4.57. The molecule has 2 heterocycles. The van der Waals surface area contributed by atoms with E-state index < -0.39 is 0 Å². The molecule has 1 aliphatic rings. The number of carbonyl (C=O) groups is 1. The van der Waals surface area contributed by atoms with E-state index in [1.165, 1.54) is 0 Å². The lowest BCUT2D eigenvalue weighted by Gasteiger charge is -2.35. The first-order valence-corrected chi connectivity index (χ1v) is 5.72. The molecular weight excluding hydrogens is 214 g/mol. The third kappa shape index (κ3) is 2.46. The molecule has 1 aromatic rings. The number of rotatable bonds is 1. The van der Waals surface area contributed by atoms with E-state index in [0.717, 1.165) is 42.4 Å². The van der Waals surface area contributed by atoms with Gasteiger partial charge in [0, 0.05) is 33.1 Å². The molecule has 90 valence electrons. The Balaban J connectivity index is 2.10. The van der Waals surface area contributed by atoms with E-state index in [1.807, 2.05) is 17.2 Å². The van der Waals surface area contributed by atoms with Crippen molar-refractivity contribution in [3.8, 4) is 0 Å². The van der Waals surface area contributed by atoms with Crippen LogP contribution in [0.25, 0.3) is 13.2 Å². The first kappa shape index (κ1) is 11.6. The Bertz CT molecular complexity index is 518. The molecule has 0 radical (unpaired) electrons. The van der Waals surface area contributed by atoms with Crippen molar-refractivity contribution in [2.75, 3.05) is 31.1 Å². The Labute approximate surface area is 101 Å². The molecule has 0 saturated carbocycles. The summed E-state index contributed by atoms with van der Waals surface area (Å²) in [5.41, 5.74) is 1.06. The second-order valence-electron chi connectivity index (χ2n) is 4.29. The van der Waals surface area contributed by atoms with E-state index in [9.17, 15) is 4.79 Å². The minimum atomic E-state index is 0.147. The van der Waals surface area contributed by atoms with Gasteiger partial charge in [-0.25, -0.2) is 0 Å². The molecule has 1 fully saturated rings. The SMILES string of the molecule is C=c1cc(N2CCN(C(C)=O)CC2)cnc1=C. The van der Waals surface area contributed by atoms with Crippen LogP contribution in [0.5, 0.6) is 0 Å². The van der Waals surface area contributed by atoms with Gasteiger partial charge in [-0.15, -0.1) is 0 Å². The van der Waals surface area contributed by atoms with Gasteiger partial charge in [0.2, 0.25) is 5.91 Å². The van der Waals surface area contributed by atoms with Crippen molar-refractivity contribution in [3.63, 3.8) is 0 Å². The van der Waals surface area contributed by atoms with Crippen molar-refractivity contribution in [1.82, 2.24) is 9.88 Å². The standard InChI is InChI=1S/C13H17N3O/c1-10-8-13(9-14-11(10)2)16-6-4-15(5-7-16)12(3)17/h8-9H,1-2,4-7H2,3H3. The van der Waals surface area contributed by atoms with E-state index in [4.69, 9.17) is 0 Å². The highest BCUT2D eigenvalue weighted by atomic mass is 16.2. The minimum Gasteiger partial charge on any atom is -0.367 e. The molecule has 1 aliphatic heterocycles. The maximum Gasteiger partial charge on any atom is 0.219 e. The van der Waals surface area contributed by atoms with Crippen molar-refractivity contribution in [3.05, 3.63) is 22.8 Å². The molecule has 0 spiro atoms. The molecule has 4 nitrogen and oxygen atoms in total. The molecule has 0 bridgehead atoms. The highest BCUT2D eigenvalue weighted by Crippen LogP contribution is 2.12. The van der Waals surface area contributed by atoms with Gasteiger partial charge in [-0.05, 0) is 11.3 Å². The average Bonchev–Trinajstić information content (AvgIpc) is 2.33. The maximum atomic E-state index is 11.2. The van der Waals surface area contributed by atoms with E-state index in [2.05, 4.69) is 23.0 Å². The van der Waals surface area contributed by atoms with Crippen molar-refractivity contribution in [2.24, 2.45) is 0 Å². The van der Waals surface area contributed by atoms with Gasteiger partial charge in [-0.3, -0.25) is 9.78 Å². The molecule has 1 saturated heterocycles. The number of hydrogen-bond donors (Lipinski definition) is 0. The molecule has 0 N–H and O–H groups in total. The van der Waals surface area contributed by atoms with Gasteiger partial charge >= 0.3 is 0 Å². The number of hydrogen-bond acceptors (Lipinski definition) is 3. The van der Waals surface area contributed by atoms with Gasteiger partial charge in [-0.2, -0.15) is 0 Å². The van der Waals surface area contributed by atoms with Crippen LogP contribution >= 0.6 is 0 Å². The second-order valence-corrected chi connectivity index (χ2v) is 4.29. The summed E-state index contributed by atoms with van der Waals surface area (Å²) in [6.45, 7) is 12.5. The third-order valence-electron chi connectivity index (χ3n) is 3.14. The van der Waals surface area contributed by atoms with Gasteiger partial charge in [0.1, 0.15) is 0 Å². The van der Waals surface area contributed by atoms with Crippen molar-refractivity contribution in [1.29, 1.82) is 0 Å². The van der Waals surface area contributed by atoms with Crippen molar-refractivity contribution in [2.45, 2.75) is 6.92 Å². The molecule has 0 aromatic carbocycles. The summed E-state index contributed by atoms with van der Waals surface area (Å²) in [6, 6.07) is 2.00. The zero-order chi connectivity index (χ0) is 12.4. The predicted molar refractivity (Wildman–Crippen MR) is 69.0 cm³/mol. The Morgan fingerprint density at radius 3 is 2.47 bits per heavy atom. The van der Waals surface area contributed by atoms with E-state index in [1.54, 1.807) is 6.92 Å². The van der Waals surface area contributed by atoms with Gasteiger partial charge in [-0.1, -0.05) is 13.2 Å². The summed E-state index contributed by atoms with van der Waals surface area (Å²) >= 11 is 0. The Morgan fingerprint density at radius 1 is 1.29 bits per heavy atom. The predicted octanol–water partition coefficient (Wildman–Crippen LogP) is -0.429. The van der Waals surface area contributed by atoms with Gasteiger partial charge in [0.25, 0.3) is 0 Å². The maximum absolute atomic E-state index is 11.2. The normalized spacial score (nSPS) is 16.1. The van der Waals surface area contributed by atoms with Crippen molar-refractivity contribution >= 4 is 24.8 Å². The van der Waals surface area contributed by atoms with E-state index in [-0.39, 0.29) is 5.91 Å². The quantitative estimate of drug-likeness (QED) is 0.658. The Kier molecular flexibility index (Phi) is 3.13. The van der Waals surface area contributed by atoms with Crippen LogP contribution < -0.4 is 15.5 Å². The average molecular weight is 231 g/mol. The topological polar surface area (TPSA) is 36.4 Å². The number of pyridine rings is 1. The first-order valence-electron chi connectivity index (χ1n) is 5.72. The fraction of sp³-hybridized carbons (Fsp3) is 0.385. The zero-order valence-corrected chi connectivity index (χ0v) is 10.1. The summed E-state index contributed by atoms with van der Waals surface area (Å²) in [7, 11) is 0. The van der Waals surface area contributed by atoms with Crippen molar-refractivity contribution < 1.29 is 4.79 Å². The molecule has 0 atom stereocenters. The van der Waals surface area contributed by atoms with Gasteiger partial charge in [0.05, 0.1) is 17.2 Å². The highest BCUT2D eigenvalue weighted by Gasteiger charge is 2.18. The summed E-state index contributed by atoms with van der Waals surface area (Å²) in [5, 5.41) is 1.58. The molecule has 0 unspecified atom stereocenters. The lowest BCUT2D eigenvalue weighted by atomic mass is 10.2. The van der Waals surface area contributed by atoms with Crippen LogP contribution in [0, 0.1) is 0 Å². The van der Waals surface area contributed by atoms with E-state index in [0.29, 0.717) is 0 Å². The summed E-state index contributed by atoms with van der Waals surface area (Å²) in [6.07, 6.45) is 1.82. The minimum absolute atomic E-state index is 0.147. The first-order chi connectivity index (χ1) is 8.08. The molecule has 2 rings (SSSR count). The molecule has 0 aliphatic carbocycles. The molecule has 1 aromatic heterocycles. The van der Waals surface area contributed by atoms with Crippen LogP contribution in [0.4, 0.5) is 5.69 Å². The molecule has 4 heteroatoms. The smallest absolute Gasteiger partial charge is 0.219 e. The van der Waals surface area contributed by atoms with Crippen LogP contribution in [0.15, 0.2) is 12.3 Å². The van der Waals surface area contributed by atoms with Crippen LogP contribution in [0.3, 0.4) is 0 Å². The van der Waals surface area contributed by atoms with Crippen LogP contribution in [0.1, 0.15) is 6.92 Å². The highest BCUT2D eigenvalue weighted by molar-refractivity contribution is 5.73. The largest absolute Gasteiger partial charge is 0.367 e. The lowest BCUT2D eigenvalue weighted by Crippen LogP contribution is -2.48. The number of piperazine rings is 1. The number of anilines is 1. The zero-order valence-electron chi connectivity index (χ0n) is 10.1. The fourth-order valence-electron chi connectivity index (χ4n) is 1.98.